The summed E-state index contributed by atoms with van der Waals surface area (Å²) < 4.78 is 32.6. The molecule has 23 heavy (non-hydrogen) atoms. The van der Waals surface area contributed by atoms with Crippen molar-refractivity contribution in [2.24, 2.45) is 0 Å². The number of hydrogen-bond donors (Lipinski definition) is 0. The van der Waals surface area contributed by atoms with Crippen molar-refractivity contribution < 1.29 is 22.1 Å². The molecule has 1 aromatic rings. The van der Waals surface area contributed by atoms with Crippen LogP contribution in [0.25, 0.3) is 0 Å². The van der Waals surface area contributed by atoms with E-state index in [9.17, 15) is 13.2 Å². The van der Waals surface area contributed by atoms with Crippen molar-refractivity contribution in [3.8, 4) is 5.75 Å². The molecule has 1 heterocycles. The van der Waals surface area contributed by atoms with Gasteiger partial charge in [-0.25, -0.2) is 0 Å². The Hall–Kier alpha value is -1.31. The van der Waals surface area contributed by atoms with Crippen LogP contribution in [0.5, 0.6) is 5.75 Å². The van der Waals surface area contributed by atoms with Crippen molar-refractivity contribution in [3.63, 3.8) is 0 Å². The zero-order valence-electron chi connectivity index (χ0n) is 12.9. The molecule has 0 aromatic heterocycles. The third kappa shape index (κ3) is 6.37. The summed E-state index contributed by atoms with van der Waals surface area (Å²) in [4.78, 5) is 13.7. The Labute approximate surface area is 141 Å². The lowest BCUT2D eigenvalue weighted by Crippen LogP contribution is -2.42. The number of carbonyl (C=O) groups excluding carboxylic acids is 1. The van der Waals surface area contributed by atoms with E-state index in [0.29, 0.717) is 37.6 Å². The van der Waals surface area contributed by atoms with E-state index >= 15 is 0 Å². The molecule has 1 atom stereocenters. The number of halogens is 1. The second kappa shape index (κ2) is 7.99. The van der Waals surface area contributed by atoms with Gasteiger partial charge in [-0.2, -0.15) is 8.42 Å². The molecule has 1 amide bonds. The molecule has 1 fully saturated rings. The molecular formula is C15H20ClNO5S. The van der Waals surface area contributed by atoms with Gasteiger partial charge in [0.05, 0.1) is 25.4 Å². The van der Waals surface area contributed by atoms with Crippen molar-refractivity contribution in [1.82, 2.24) is 4.90 Å². The Morgan fingerprint density at radius 3 is 2.61 bits per heavy atom. The molecule has 1 saturated heterocycles. The van der Waals surface area contributed by atoms with Gasteiger partial charge in [-0.3, -0.25) is 8.98 Å². The van der Waals surface area contributed by atoms with Gasteiger partial charge in [-0.05, 0) is 37.1 Å². The smallest absolute Gasteiger partial charge is 0.264 e. The minimum atomic E-state index is -3.52. The highest BCUT2D eigenvalue weighted by Gasteiger charge is 2.28. The van der Waals surface area contributed by atoms with E-state index < -0.39 is 16.2 Å². The van der Waals surface area contributed by atoms with Gasteiger partial charge in [-0.15, -0.1) is 0 Å². The zero-order valence-corrected chi connectivity index (χ0v) is 14.5. The lowest BCUT2D eigenvalue weighted by Gasteiger charge is -2.31. The number of hydrogen-bond acceptors (Lipinski definition) is 5. The van der Waals surface area contributed by atoms with E-state index in [4.69, 9.17) is 20.5 Å². The average Bonchev–Trinajstić information content (AvgIpc) is 2.45. The first-order valence-electron chi connectivity index (χ1n) is 7.38. The maximum Gasteiger partial charge on any atom is 0.264 e. The van der Waals surface area contributed by atoms with E-state index in [1.807, 2.05) is 0 Å². The molecule has 8 heteroatoms. The summed E-state index contributed by atoms with van der Waals surface area (Å²) >= 11 is 5.79. The number of likely N-dealkylation sites (tertiary alicyclic amines) is 1. The second-order valence-corrected chi connectivity index (χ2v) is 7.49. The number of ether oxygens (including phenoxy) is 1. The third-order valence-electron chi connectivity index (χ3n) is 3.44. The molecule has 0 saturated carbocycles. The molecule has 0 bridgehead atoms. The molecule has 2 rings (SSSR count). The SMILES string of the molecule is CS(=O)(=O)OC1CCN(CCCOc2ccc(Cl)cc2)C(=O)C1. The Morgan fingerprint density at radius 2 is 2.00 bits per heavy atom. The number of benzene rings is 1. The quantitative estimate of drug-likeness (QED) is 0.549. The van der Waals surface area contributed by atoms with Crippen LogP contribution in [0, 0.1) is 0 Å². The second-order valence-electron chi connectivity index (χ2n) is 5.45. The molecule has 0 N–H and O–H groups in total. The van der Waals surface area contributed by atoms with E-state index in [1.165, 1.54) is 0 Å². The highest BCUT2D eigenvalue weighted by molar-refractivity contribution is 7.86. The van der Waals surface area contributed by atoms with Crippen LogP contribution >= 0.6 is 11.6 Å². The Morgan fingerprint density at radius 1 is 1.30 bits per heavy atom. The van der Waals surface area contributed by atoms with Crippen LogP contribution in [0.1, 0.15) is 19.3 Å². The highest BCUT2D eigenvalue weighted by Crippen LogP contribution is 2.18. The largest absolute Gasteiger partial charge is 0.494 e. The summed E-state index contributed by atoms with van der Waals surface area (Å²) in [5.74, 6) is 0.650. The number of carbonyl (C=O) groups is 1. The molecule has 0 spiro atoms. The molecule has 1 aliphatic heterocycles. The van der Waals surface area contributed by atoms with E-state index in [2.05, 4.69) is 0 Å². The predicted octanol–water partition coefficient (Wildman–Crippen LogP) is 2.08. The number of amides is 1. The van der Waals surface area contributed by atoms with Gasteiger partial charge in [0, 0.05) is 18.1 Å². The molecule has 1 aromatic carbocycles. The fraction of sp³-hybridized carbons (Fsp3) is 0.533. The van der Waals surface area contributed by atoms with Crippen LogP contribution in [-0.4, -0.2) is 51.3 Å². The van der Waals surface area contributed by atoms with Crippen molar-refractivity contribution in [2.75, 3.05) is 26.0 Å². The molecule has 1 aliphatic rings. The van der Waals surface area contributed by atoms with Gasteiger partial charge in [-0.1, -0.05) is 11.6 Å². The van der Waals surface area contributed by atoms with Gasteiger partial charge in [0.15, 0.2) is 0 Å². The maximum absolute atomic E-state index is 12.0. The summed E-state index contributed by atoms with van der Waals surface area (Å²) in [6, 6.07) is 7.10. The lowest BCUT2D eigenvalue weighted by atomic mass is 10.1. The zero-order chi connectivity index (χ0) is 16.9. The van der Waals surface area contributed by atoms with Crippen molar-refractivity contribution in [2.45, 2.75) is 25.4 Å². The van der Waals surface area contributed by atoms with Gasteiger partial charge >= 0.3 is 0 Å². The number of rotatable bonds is 7. The minimum absolute atomic E-state index is 0.0867. The summed E-state index contributed by atoms with van der Waals surface area (Å²) in [5.41, 5.74) is 0. The number of nitrogens with zero attached hydrogens (tertiary/aromatic N) is 1. The molecule has 0 radical (unpaired) electrons. The fourth-order valence-electron chi connectivity index (χ4n) is 2.39. The third-order valence-corrected chi connectivity index (χ3v) is 4.32. The Kier molecular flexibility index (Phi) is 6.26. The molecule has 1 unspecified atom stereocenters. The topological polar surface area (TPSA) is 72.9 Å². The fourth-order valence-corrected chi connectivity index (χ4v) is 3.18. The van der Waals surface area contributed by atoms with Crippen molar-refractivity contribution in [1.29, 1.82) is 0 Å². The van der Waals surface area contributed by atoms with E-state index in [-0.39, 0.29) is 12.3 Å². The van der Waals surface area contributed by atoms with Crippen molar-refractivity contribution in [3.05, 3.63) is 29.3 Å². The standard InChI is InChI=1S/C15H20ClNO5S/c1-23(19,20)22-14-7-9-17(15(18)11-14)8-2-10-21-13-5-3-12(16)4-6-13/h3-6,14H,2,7-11H2,1H3. The van der Waals surface area contributed by atoms with E-state index in [1.54, 1.807) is 29.2 Å². The normalized spacial score (nSPS) is 19.0. The molecule has 0 aliphatic carbocycles. The minimum Gasteiger partial charge on any atom is -0.494 e. The summed E-state index contributed by atoms with van der Waals surface area (Å²) in [5, 5.41) is 0.655. The van der Waals surface area contributed by atoms with Crippen LogP contribution in [0.4, 0.5) is 0 Å². The monoisotopic (exact) mass is 361 g/mol. The van der Waals surface area contributed by atoms with Crippen LogP contribution in [0.15, 0.2) is 24.3 Å². The van der Waals surface area contributed by atoms with Gasteiger partial charge in [0.2, 0.25) is 5.91 Å². The lowest BCUT2D eigenvalue weighted by molar-refractivity contribution is -0.136. The maximum atomic E-state index is 12.0. The molecular weight excluding hydrogens is 342 g/mol. The van der Waals surface area contributed by atoms with Crippen LogP contribution in [-0.2, 0) is 19.1 Å². The summed E-state index contributed by atoms with van der Waals surface area (Å²) in [6.45, 7) is 1.58. The molecule has 128 valence electrons. The first-order valence-corrected chi connectivity index (χ1v) is 9.57. The summed E-state index contributed by atoms with van der Waals surface area (Å²) in [7, 11) is -3.52. The number of piperidine rings is 1. The van der Waals surface area contributed by atoms with Crippen LogP contribution in [0.3, 0.4) is 0 Å². The van der Waals surface area contributed by atoms with Crippen LogP contribution < -0.4 is 4.74 Å². The van der Waals surface area contributed by atoms with E-state index in [0.717, 1.165) is 12.0 Å². The average molecular weight is 362 g/mol. The van der Waals surface area contributed by atoms with Crippen molar-refractivity contribution >= 4 is 27.6 Å². The summed E-state index contributed by atoms with van der Waals surface area (Å²) in [6.07, 6.45) is 1.78. The van der Waals surface area contributed by atoms with Crippen LogP contribution in [0.2, 0.25) is 5.02 Å². The first kappa shape index (κ1) is 18.0. The van der Waals surface area contributed by atoms with Gasteiger partial charge in [0.1, 0.15) is 5.75 Å². The predicted molar refractivity (Wildman–Crippen MR) is 87.1 cm³/mol. The highest BCUT2D eigenvalue weighted by atomic mass is 35.5. The Bertz CT molecular complexity index is 632. The van der Waals surface area contributed by atoms with Gasteiger partial charge in [0.25, 0.3) is 10.1 Å². The molecule has 6 nitrogen and oxygen atoms in total. The first-order chi connectivity index (χ1) is 10.8. The Balaban J connectivity index is 1.69. The van der Waals surface area contributed by atoms with Gasteiger partial charge < -0.3 is 9.64 Å².